The Hall–Kier alpha value is -2.26. The number of hydrogen-bond donors (Lipinski definition) is 1. The molecule has 0 saturated heterocycles. The number of anilines is 1. The fourth-order valence-corrected chi connectivity index (χ4v) is 2.84. The Balaban J connectivity index is 2.30. The minimum atomic E-state index is -3.38. The molecule has 19 heavy (non-hydrogen) atoms. The van der Waals surface area contributed by atoms with Crippen molar-refractivity contribution in [2.75, 3.05) is 10.5 Å². The normalized spacial score (nSPS) is 16.4. The molecule has 1 aliphatic heterocycles. The van der Waals surface area contributed by atoms with Crippen LogP contribution in [0.25, 0.3) is 11.0 Å². The summed E-state index contributed by atoms with van der Waals surface area (Å²) >= 11 is 0. The van der Waals surface area contributed by atoms with Crippen LogP contribution in [-0.4, -0.2) is 14.2 Å². The maximum atomic E-state index is 11.7. The Kier molecular flexibility index (Phi) is 2.57. The highest BCUT2D eigenvalue weighted by atomic mass is 32.2. The lowest BCUT2D eigenvalue weighted by atomic mass is 10.1. The van der Waals surface area contributed by atoms with Crippen molar-refractivity contribution in [3.05, 3.63) is 40.2 Å². The van der Waals surface area contributed by atoms with Gasteiger partial charge in [-0.2, -0.15) is 0 Å². The topological polar surface area (TPSA) is 76.4 Å². The number of nitrogens with one attached hydrogen (secondary N) is 1. The summed E-state index contributed by atoms with van der Waals surface area (Å²) in [5.74, 6) is 5.64. The molecule has 0 spiro atoms. The molecule has 1 N–H and O–H groups in total. The smallest absolute Gasteiger partial charge is 0.336 e. The van der Waals surface area contributed by atoms with E-state index in [0.29, 0.717) is 22.2 Å². The molecule has 0 bridgehead atoms. The average molecular weight is 275 g/mol. The van der Waals surface area contributed by atoms with Crippen molar-refractivity contribution in [2.24, 2.45) is 0 Å². The van der Waals surface area contributed by atoms with E-state index in [4.69, 9.17) is 4.42 Å². The monoisotopic (exact) mass is 275 g/mol. The summed E-state index contributed by atoms with van der Waals surface area (Å²) in [7, 11) is -3.38. The number of rotatable bonds is 0. The Morgan fingerprint density at radius 1 is 1.26 bits per heavy atom. The summed E-state index contributed by atoms with van der Waals surface area (Å²) in [6.45, 7) is 0. The highest BCUT2D eigenvalue weighted by Crippen LogP contribution is 2.24. The van der Waals surface area contributed by atoms with E-state index in [1.165, 1.54) is 6.07 Å². The molecule has 0 unspecified atom stereocenters. The molecule has 0 fully saturated rings. The number of sulfonamides is 1. The molecule has 6 heteroatoms. The van der Waals surface area contributed by atoms with Crippen molar-refractivity contribution < 1.29 is 12.8 Å². The second-order valence-electron chi connectivity index (χ2n) is 4.16. The molecule has 0 atom stereocenters. The van der Waals surface area contributed by atoms with Gasteiger partial charge >= 0.3 is 5.63 Å². The van der Waals surface area contributed by atoms with Gasteiger partial charge in [0, 0.05) is 17.9 Å². The predicted molar refractivity (Wildman–Crippen MR) is 71.4 cm³/mol. The van der Waals surface area contributed by atoms with E-state index < -0.39 is 15.6 Å². The van der Waals surface area contributed by atoms with Gasteiger partial charge < -0.3 is 4.42 Å². The highest BCUT2D eigenvalue weighted by Gasteiger charge is 2.15. The second kappa shape index (κ2) is 4.14. The van der Waals surface area contributed by atoms with Gasteiger partial charge in [0.25, 0.3) is 0 Å². The zero-order valence-corrected chi connectivity index (χ0v) is 10.6. The van der Waals surface area contributed by atoms with Gasteiger partial charge in [-0.1, -0.05) is 11.8 Å². The minimum Gasteiger partial charge on any atom is -0.423 e. The van der Waals surface area contributed by atoms with Crippen molar-refractivity contribution in [3.8, 4) is 11.8 Å². The molecule has 0 aliphatic carbocycles. The molecular formula is C13H9NO4S. The Labute approximate surface area is 109 Å². The Morgan fingerprint density at radius 2 is 2.11 bits per heavy atom. The number of hydrogen-bond acceptors (Lipinski definition) is 4. The van der Waals surface area contributed by atoms with Crippen LogP contribution in [0.5, 0.6) is 0 Å². The standard InChI is InChI=1S/C13H9NO4S/c15-13-5-4-10-7-11-9(8-12(10)18-13)3-1-2-6-19(16,17)14-11/h4-5,7-8,14H,2,6H2. The summed E-state index contributed by atoms with van der Waals surface area (Å²) in [5.41, 5.74) is 0.853. The van der Waals surface area contributed by atoms with E-state index >= 15 is 0 Å². The van der Waals surface area contributed by atoms with Gasteiger partial charge in [-0.15, -0.1) is 0 Å². The van der Waals surface area contributed by atoms with Crippen LogP contribution < -0.4 is 10.3 Å². The van der Waals surface area contributed by atoms with Crippen LogP contribution in [0.4, 0.5) is 5.69 Å². The molecule has 1 aromatic carbocycles. The third-order valence-corrected chi connectivity index (χ3v) is 4.02. The van der Waals surface area contributed by atoms with E-state index in [9.17, 15) is 13.2 Å². The van der Waals surface area contributed by atoms with Crippen molar-refractivity contribution in [3.63, 3.8) is 0 Å². The fraction of sp³-hybridized carbons (Fsp3) is 0.154. The lowest BCUT2D eigenvalue weighted by Crippen LogP contribution is -2.18. The molecular weight excluding hydrogens is 266 g/mol. The highest BCUT2D eigenvalue weighted by molar-refractivity contribution is 7.92. The fourth-order valence-electron chi connectivity index (χ4n) is 1.86. The van der Waals surface area contributed by atoms with Crippen LogP contribution in [0, 0.1) is 11.8 Å². The third-order valence-electron chi connectivity index (χ3n) is 2.74. The van der Waals surface area contributed by atoms with Crippen LogP contribution in [0.15, 0.2) is 33.5 Å². The van der Waals surface area contributed by atoms with E-state index in [1.807, 2.05) is 0 Å². The van der Waals surface area contributed by atoms with Gasteiger partial charge in [0.15, 0.2) is 0 Å². The van der Waals surface area contributed by atoms with Gasteiger partial charge in [0.05, 0.1) is 17.0 Å². The van der Waals surface area contributed by atoms with Crippen molar-refractivity contribution in [1.82, 2.24) is 0 Å². The molecule has 3 rings (SSSR count). The first-order chi connectivity index (χ1) is 9.03. The summed E-state index contributed by atoms with van der Waals surface area (Å²) in [6.07, 6.45) is 0.269. The third kappa shape index (κ3) is 2.33. The maximum absolute atomic E-state index is 11.7. The molecule has 0 radical (unpaired) electrons. The van der Waals surface area contributed by atoms with Crippen molar-refractivity contribution >= 4 is 26.7 Å². The van der Waals surface area contributed by atoms with Crippen LogP contribution in [0.3, 0.4) is 0 Å². The van der Waals surface area contributed by atoms with Crippen LogP contribution in [0.1, 0.15) is 12.0 Å². The quantitative estimate of drug-likeness (QED) is 0.580. The van der Waals surface area contributed by atoms with Crippen LogP contribution >= 0.6 is 0 Å². The predicted octanol–water partition coefficient (Wildman–Crippen LogP) is 1.29. The number of fused-ring (bicyclic) bond motifs is 2. The molecule has 2 aromatic rings. The van der Waals surface area contributed by atoms with E-state index in [1.54, 1.807) is 18.2 Å². The van der Waals surface area contributed by atoms with Crippen LogP contribution in [-0.2, 0) is 10.0 Å². The number of benzene rings is 1. The van der Waals surface area contributed by atoms with E-state index in [2.05, 4.69) is 16.6 Å². The van der Waals surface area contributed by atoms with Crippen molar-refractivity contribution in [1.29, 1.82) is 0 Å². The molecule has 96 valence electrons. The minimum absolute atomic E-state index is 0.0264. The second-order valence-corrected chi connectivity index (χ2v) is 6.00. The maximum Gasteiger partial charge on any atom is 0.336 e. The summed E-state index contributed by atoms with van der Waals surface area (Å²) in [5, 5.41) is 0.642. The molecule has 1 aromatic heterocycles. The molecule has 1 aliphatic rings. The van der Waals surface area contributed by atoms with Gasteiger partial charge in [-0.3, -0.25) is 4.72 Å². The summed E-state index contributed by atoms with van der Waals surface area (Å²) < 4.78 is 31.0. The van der Waals surface area contributed by atoms with E-state index in [-0.39, 0.29) is 12.2 Å². The lowest BCUT2D eigenvalue weighted by Gasteiger charge is -2.11. The van der Waals surface area contributed by atoms with Crippen LogP contribution in [0.2, 0.25) is 0 Å². The van der Waals surface area contributed by atoms with Gasteiger partial charge in [-0.25, -0.2) is 13.2 Å². The SMILES string of the molecule is O=c1ccc2cc3c(cc2o1)C#CCCS(=O)(=O)N3. The Bertz CT molecular complexity index is 884. The molecule has 2 heterocycles. The van der Waals surface area contributed by atoms with Gasteiger partial charge in [0.1, 0.15) is 5.58 Å². The van der Waals surface area contributed by atoms with Crippen molar-refractivity contribution in [2.45, 2.75) is 6.42 Å². The lowest BCUT2D eigenvalue weighted by molar-refractivity contribution is 0.561. The average Bonchev–Trinajstić information content (AvgIpc) is 2.33. The Morgan fingerprint density at radius 3 is 2.95 bits per heavy atom. The van der Waals surface area contributed by atoms with Gasteiger partial charge in [0.2, 0.25) is 10.0 Å². The summed E-state index contributed by atoms with van der Waals surface area (Å²) in [4.78, 5) is 11.2. The molecule has 0 saturated carbocycles. The summed E-state index contributed by atoms with van der Waals surface area (Å²) in [6, 6.07) is 6.07. The zero-order valence-electron chi connectivity index (χ0n) is 9.76. The molecule has 5 nitrogen and oxygen atoms in total. The molecule has 0 amide bonds. The van der Waals surface area contributed by atoms with E-state index in [0.717, 1.165) is 0 Å². The largest absolute Gasteiger partial charge is 0.423 e. The van der Waals surface area contributed by atoms with Gasteiger partial charge in [-0.05, 0) is 18.2 Å². The first-order valence-corrected chi connectivity index (χ1v) is 7.26. The first-order valence-electron chi connectivity index (χ1n) is 5.61. The zero-order chi connectivity index (χ0) is 13.5. The first kappa shape index (κ1) is 11.8.